The average Bonchev–Trinajstić information content (AvgIpc) is 2.35. The molecule has 0 amide bonds. The lowest BCUT2D eigenvalue weighted by Crippen LogP contribution is -2.18. The van der Waals surface area contributed by atoms with Gasteiger partial charge in [-0.1, -0.05) is 23.2 Å². The second-order valence-electron chi connectivity index (χ2n) is 4.18. The number of nitrogens with one attached hydrogen (secondary N) is 1. The molecular formula is C12H15Cl2NO4S. The number of aryl methyl sites for hydroxylation is 1. The summed E-state index contributed by atoms with van der Waals surface area (Å²) in [6.07, 6.45) is 0.207. The maximum absolute atomic E-state index is 11.9. The third-order valence-electron chi connectivity index (χ3n) is 2.54. The lowest BCUT2D eigenvalue weighted by molar-refractivity contribution is -0.140. The van der Waals surface area contributed by atoms with E-state index >= 15 is 0 Å². The quantitative estimate of drug-likeness (QED) is 0.808. The van der Waals surface area contributed by atoms with Crippen LogP contribution >= 0.6 is 23.2 Å². The first-order chi connectivity index (χ1) is 9.25. The second-order valence-corrected chi connectivity index (χ2v) is 6.84. The predicted octanol–water partition coefficient (Wildman–Crippen LogP) is 3.00. The smallest absolute Gasteiger partial charge is 0.305 e. The van der Waals surface area contributed by atoms with Gasteiger partial charge in [-0.3, -0.25) is 9.52 Å². The minimum Gasteiger partial charge on any atom is -0.469 e. The molecule has 1 N–H and O–H groups in total. The summed E-state index contributed by atoms with van der Waals surface area (Å²) in [7, 11) is -2.34. The van der Waals surface area contributed by atoms with Gasteiger partial charge in [0.25, 0.3) is 0 Å². The average molecular weight is 340 g/mol. The lowest BCUT2D eigenvalue weighted by Gasteiger charge is -2.11. The van der Waals surface area contributed by atoms with Crippen molar-refractivity contribution < 1.29 is 17.9 Å². The molecule has 0 unspecified atom stereocenters. The molecule has 0 bridgehead atoms. The van der Waals surface area contributed by atoms with Crippen LogP contribution in [-0.2, 0) is 19.6 Å². The van der Waals surface area contributed by atoms with Crippen LogP contribution in [0.15, 0.2) is 12.1 Å². The van der Waals surface area contributed by atoms with E-state index in [1.807, 2.05) is 0 Å². The summed E-state index contributed by atoms with van der Waals surface area (Å²) in [6.45, 7) is 1.77. The van der Waals surface area contributed by atoms with Crippen LogP contribution in [0.2, 0.25) is 10.0 Å². The van der Waals surface area contributed by atoms with Gasteiger partial charge in [0.2, 0.25) is 10.0 Å². The van der Waals surface area contributed by atoms with Gasteiger partial charge in [0.05, 0.1) is 23.6 Å². The van der Waals surface area contributed by atoms with Crippen molar-refractivity contribution in [2.45, 2.75) is 19.8 Å². The molecule has 0 saturated heterocycles. The highest BCUT2D eigenvalue weighted by atomic mass is 35.5. The highest BCUT2D eigenvalue weighted by molar-refractivity contribution is 7.92. The number of methoxy groups -OCH3 is 1. The van der Waals surface area contributed by atoms with Crippen molar-refractivity contribution in [2.75, 3.05) is 17.6 Å². The van der Waals surface area contributed by atoms with Crippen LogP contribution in [0.4, 0.5) is 5.69 Å². The molecule has 8 heteroatoms. The number of rotatable bonds is 6. The summed E-state index contributed by atoms with van der Waals surface area (Å²) in [5.74, 6) is -0.652. The SMILES string of the molecule is COC(=O)CCCS(=O)(=O)Nc1cc(Cl)c(C)cc1Cl. The number of halogens is 2. The highest BCUT2D eigenvalue weighted by Gasteiger charge is 2.14. The fourth-order valence-electron chi connectivity index (χ4n) is 1.45. The molecule has 1 aromatic rings. The van der Waals surface area contributed by atoms with Crippen LogP contribution in [0.25, 0.3) is 0 Å². The number of anilines is 1. The van der Waals surface area contributed by atoms with E-state index in [1.165, 1.54) is 13.2 Å². The highest BCUT2D eigenvalue weighted by Crippen LogP contribution is 2.29. The molecule has 20 heavy (non-hydrogen) atoms. The third kappa shape index (κ3) is 5.19. The van der Waals surface area contributed by atoms with Crippen molar-refractivity contribution in [1.29, 1.82) is 0 Å². The summed E-state index contributed by atoms with van der Waals surface area (Å²) >= 11 is 11.9. The fourth-order valence-corrected chi connectivity index (χ4v) is 3.07. The molecule has 0 aromatic heterocycles. The first kappa shape index (κ1) is 17.1. The van der Waals surface area contributed by atoms with Gasteiger partial charge in [0, 0.05) is 11.4 Å². The summed E-state index contributed by atoms with van der Waals surface area (Å²) < 4.78 is 30.5. The Morgan fingerprint density at radius 3 is 2.55 bits per heavy atom. The van der Waals surface area contributed by atoms with Crippen LogP contribution in [-0.4, -0.2) is 27.2 Å². The summed E-state index contributed by atoms with van der Waals surface area (Å²) in [5, 5.41) is 0.685. The molecule has 112 valence electrons. The van der Waals surface area contributed by atoms with E-state index in [-0.39, 0.29) is 29.3 Å². The monoisotopic (exact) mass is 339 g/mol. The Hall–Kier alpha value is -0.980. The molecule has 1 rings (SSSR count). The number of hydrogen-bond acceptors (Lipinski definition) is 4. The maximum atomic E-state index is 11.9. The Balaban J connectivity index is 2.71. The first-order valence-corrected chi connectivity index (χ1v) is 8.19. The van der Waals surface area contributed by atoms with Crippen molar-refractivity contribution in [1.82, 2.24) is 0 Å². The number of carbonyl (C=O) groups excluding carboxylic acids is 1. The van der Waals surface area contributed by atoms with E-state index in [1.54, 1.807) is 13.0 Å². The third-order valence-corrected chi connectivity index (χ3v) is 4.61. The van der Waals surface area contributed by atoms with Gasteiger partial charge in [0.1, 0.15) is 0 Å². The van der Waals surface area contributed by atoms with E-state index in [0.717, 1.165) is 5.56 Å². The summed E-state index contributed by atoms with van der Waals surface area (Å²) in [5.41, 5.74) is 0.977. The van der Waals surface area contributed by atoms with Gasteiger partial charge in [-0.2, -0.15) is 0 Å². The standard InChI is InChI=1S/C12H15Cl2NO4S/c1-8-6-10(14)11(7-9(8)13)15-20(17,18)5-3-4-12(16)19-2/h6-7,15H,3-5H2,1-2H3. The number of ether oxygens (including phenoxy) is 1. The minimum atomic E-state index is -3.59. The van der Waals surface area contributed by atoms with Crippen LogP contribution < -0.4 is 4.72 Å². The summed E-state index contributed by atoms with van der Waals surface area (Å²) in [4.78, 5) is 10.9. The molecule has 5 nitrogen and oxygen atoms in total. The largest absolute Gasteiger partial charge is 0.469 e. The van der Waals surface area contributed by atoms with E-state index in [2.05, 4.69) is 9.46 Å². The number of sulfonamides is 1. The van der Waals surface area contributed by atoms with Gasteiger partial charge in [-0.15, -0.1) is 0 Å². The molecule has 0 spiro atoms. The molecular weight excluding hydrogens is 325 g/mol. The van der Waals surface area contributed by atoms with E-state index in [9.17, 15) is 13.2 Å². The topological polar surface area (TPSA) is 72.5 Å². The van der Waals surface area contributed by atoms with Crippen molar-refractivity contribution >= 4 is 44.9 Å². The van der Waals surface area contributed by atoms with Crippen molar-refractivity contribution in [3.8, 4) is 0 Å². The maximum Gasteiger partial charge on any atom is 0.305 e. The van der Waals surface area contributed by atoms with Gasteiger partial charge < -0.3 is 4.74 Å². The fraction of sp³-hybridized carbons (Fsp3) is 0.417. The van der Waals surface area contributed by atoms with Gasteiger partial charge >= 0.3 is 5.97 Å². The molecule has 0 aliphatic rings. The van der Waals surface area contributed by atoms with Crippen LogP contribution in [0, 0.1) is 6.92 Å². The molecule has 0 atom stereocenters. The molecule has 0 saturated carbocycles. The molecule has 1 aromatic carbocycles. The minimum absolute atomic E-state index is 0.0415. The van der Waals surface area contributed by atoms with Gasteiger partial charge in [0.15, 0.2) is 0 Å². The number of carbonyl (C=O) groups is 1. The molecule has 0 aliphatic carbocycles. The Morgan fingerprint density at radius 2 is 1.95 bits per heavy atom. The predicted molar refractivity (Wildman–Crippen MR) is 79.9 cm³/mol. The van der Waals surface area contributed by atoms with Crippen molar-refractivity contribution in [3.63, 3.8) is 0 Å². The number of hydrogen-bond donors (Lipinski definition) is 1. The Morgan fingerprint density at radius 1 is 1.30 bits per heavy atom. The second kappa shape index (κ2) is 7.15. The first-order valence-electron chi connectivity index (χ1n) is 5.78. The van der Waals surface area contributed by atoms with Gasteiger partial charge in [-0.25, -0.2) is 8.42 Å². The van der Waals surface area contributed by atoms with E-state index in [4.69, 9.17) is 23.2 Å². The lowest BCUT2D eigenvalue weighted by atomic mass is 10.2. The zero-order chi connectivity index (χ0) is 15.3. The van der Waals surface area contributed by atoms with Crippen molar-refractivity contribution in [3.05, 3.63) is 27.7 Å². The van der Waals surface area contributed by atoms with Crippen molar-refractivity contribution in [2.24, 2.45) is 0 Å². The van der Waals surface area contributed by atoms with Crippen LogP contribution in [0.1, 0.15) is 18.4 Å². The Bertz CT molecular complexity index is 602. The Kier molecular flexibility index (Phi) is 6.10. The molecule has 0 fully saturated rings. The van der Waals surface area contributed by atoms with E-state index in [0.29, 0.717) is 5.02 Å². The van der Waals surface area contributed by atoms with E-state index < -0.39 is 16.0 Å². The van der Waals surface area contributed by atoms with Crippen LogP contribution in [0.3, 0.4) is 0 Å². The number of benzene rings is 1. The Labute approximate surface area is 128 Å². The molecule has 0 radical (unpaired) electrons. The summed E-state index contributed by atoms with van der Waals surface area (Å²) in [6, 6.07) is 3.03. The molecule has 0 heterocycles. The zero-order valence-electron chi connectivity index (χ0n) is 11.1. The number of esters is 1. The molecule has 0 aliphatic heterocycles. The van der Waals surface area contributed by atoms with Crippen LogP contribution in [0.5, 0.6) is 0 Å². The zero-order valence-corrected chi connectivity index (χ0v) is 13.4. The van der Waals surface area contributed by atoms with Gasteiger partial charge in [-0.05, 0) is 31.0 Å². The normalized spacial score (nSPS) is 11.2.